The van der Waals surface area contributed by atoms with Crippen molar-refractivity contribution in [3.8, 4) is 0 Å². The number of aliphatic hydroxyl groups excluding tert-OH is 1. The lowest BCUT2D eigenvalue weighted by Gasteiger charge is -2.10. The lowest BCUT2D eigenvalue weighted by Crippen LogP contribution is -2.15. The molecule has 1 atom stereocenters. The predicted molar refractivity (Wildman–Crippen MR) is 60.6 cm³/mol. The van der Waals surface area contributed by atoms with Crippen LogP contribution < -0.4 is 0 Å². The molecule has 0 radical (unpaired) electrons. The van der Waals surface area contributed by atoms with Crippen molar-refractivity contribution in [3.63, 3.8) is 0 Å². The number of rotatable bonds is 5. The summed E-state index contributed by atoms with van der Waals surface area (Å²) < 4.78 is 0. The van der Waals surface area contributed by atoms with Gasteiger partial charge in [-0.2, -0.15) is 0 Å². The molecule has 0 aliphatic heterocycles. The topological polar surface area (TPSA) is 37.3 Å². The summed E-state index contributed by atoms with van der Waals surface area (Å²) in [7, 11) is 0. The molecular weight excluding hydrogens is 188 g/mol. The Morgan fingerprint density at radius 3 is 2.53 bits per heavy atom. The summed E-state index contributed by atoms with van der Waals surface area (Å²) in [6.45, 7) is 4.99. The Morgan fingerprint density at radius 2 is 2.00 bits per heavy atom. The maximum absolute atomic E-state index is 10.9. The lowest BCUT2D eigenvalue weighted by molar-refractivity contribution is -0.114. The van der Waals surface area contributed by atoms with Gasteiger partial charge >= 0.3 is 0 Å². The third-order valence-corrected chi connectivity index (χ3v) is 2.40. The minimum absolute atomic E-state index is 0.143. The van der Waals surface area contributed by atoms with Gasteiger partial charge < -0.3 is 5.11 Å². The van der Waals surface area contributed by atoms with Crippen molar-refractivity contribution in [1.29, 1.82) is 0 Å². The van der Waals surface area contributed by atoms with Gasteiger partial charge in [-0.1, -0.05) is 36.9 Å². The summed E-state index contributed by atoms with van der Waals surface area (Å²) in [5, 5.41) is 9.63. The van der Waals surface area contributed by atoms with Crippen molar-refractivity contribution in [2.24, 2.45) is 0 Å². The van der Waals surface area contributed by atoms with Crippen LogP contribution in [-0.2, 0) is 11.2 Å². The molecule has 1 rings (SSSR count). The van der Waals surface area contributed by atoms with Gasteiger partial charge in [-0.25, -0.2) is 0 Å². The van der Waals surface area contributed by atoms with E-state index in [0.29, 0.717) is 12.0 Å². The number of aliphatic hydroxyl groups is 1. The van der Waals surface area contributed by atoms with Crippen LogP contribution in [0.4, 0.5) is 0 Å². The highest BCUT2D eigenvalue weighted by atomic mass is 16.3. The number of Topliss-reactive ketones (excluding diaryl/α,β-unsaturated/α-hetero) is 1. The van der Waals surface area contributed by atoms with Gasteiger partial charge in [0.05, 0.1) is 6.10 Å². The highest BCUT2D eigenvalue weighted by Gasteiger charge is 2.12. The van der Waals surface area contributed by atoms with E-state index in [2.05, 4.69) is 6.58 Å². The second kappa shape index (κ2) is 5.47. The SMILES string of the molecule is C=C(C(C)=O)C(O)CCc1ccccc1. The fourth-order valence-corrected chi connectivity index (χ4v) is 1.36. The molecule has 80 valence electrons. The Hall–Kier alpha value is -1.41. The standard InChI is InChI=1S/C13H16O2/c1-10(11(2)14)13(15)9-8-12-6-4-3-5-7-12/h3-7,13,15H,1,8-9H2,2H3. The smallest absolute Gasteiger partial charge is 0.157 e. The largest absolute Gasteiger partial charge is 0.388 e. The molecule has 0 saturated heterocycles. The lowest BCUT2D eigenvalue weighted by atomic mass is 10.0. The molecule has 2 nitrogen and oxygen atoms in total. The van der Waals surface area contributed by atoms with E-state index >= 15 is 0 Å². The Bertz CT molecular complexity index is 341. The van der Waals surface area contributed by atoms with Gasteiger partial charge in [-0.15, -0.1) is 0 Å². The van der Waals surface area contributed by atoms with E-state index in [-0.39, 0.29) is 5.78 Å². The number of aryl methyl sites for hydroxylation is 1. The van der Waals surface area contributed by atoms with E-state index < -0.39 is 6.10 Å². The molecule has 1 unspecified atom stereocenters. The van der Waals surface area contributed by atoms with Gasteiger partial charge in [-0.05, 0) is 25.3 Å². The van der Waals surface area contributed by atoms with Crippen molar-refractivity contribution >= 4 is 5.78 Å². The van der Waals surface area contributed by atoms with E-state index in [0.717, 1.165) is 12.0 Å². The molecule has 15 heavy (non-hydrogen) atoms. The number of ketones is 1. The fourth-order valence-electron chi connectivity index (χ4n) is 1.36. The van der Waals surface area contributed by atoms with Crippen LogP contribution in [0.3, 0.4) is 0 Å². The Balaban J connectivity index is 2.44. The molecule has 0 amide bonds. The molecule has 0 bridgehead atoms. The van der Waals surface area contributed by atoms with Crippen LogP contribution in [0.15, 0.2) is 42.5 Å². The maximum atomic E-state index is 10.9. The Labute approximate surface area is 90.3 Å². The van der Waals surface area contributed by atoms with E-state index in [9.17, 15) is 9.90 Å². The van der Waals surface area contributed by atoms with Gasteiger partial charge in [0.1, 0.15) is 0 Å². The van der Waals surface area contributed by atoms with Crippen molar-refractivity contribution in [1.82, 2.24) is 0 Å². The first-order chi connectivity index (χ1) is 7.11. The number of carbonyl (C=O) groups excluding carboxylic acids is 1. The van der Waals surface area contributed by atoms with Gasteiger partial charge in [0, 0.05) is 5.57 Å². The summed E-state index contributed by atoms with van der Waals surface area (Å²) in [4.78, 5) is 10.9. The number of hydrogen-bond acceptors (Lipinski definition) is 2. The summed E-state index contributed by atoms with van der Waals surface area (Å²) in [6.07, 6.45) is 0.583. The molecule has 0 fully saturated rings. The zero-order valence-electron chi connectivity index (χ0n) is 8.94. The number of benzene rings is 1. The second-order valence-corrected chi connectivity index (χ2v) is 3.62. The van der Waals surface area contributed by atoms with Crippen LogP contribution >= 0.6 is 0 Å². The van der Waals surface area contributed by atoms with Crippen LogP contribution in [0.1, 0.15) is 18.9 Å². The van der Waals surface area contributed by atoms with E-state index in [1.54, 1.807) is 0 Å². The maximum Gasteiger partial charge on any atom is 0.157 e. The fraction of sp³-hybridized carbons (Fsp3) is 0.308. The normalized spacial score (nSPS) is 12.1. The minimum Gasteiger partial charge on any atom is -0.388 e. The molecule has 0 aliphatic carbocycles. The van der Waals surface area contributed by atoms with Gasteiger partial charge in [0.25, 0.3) is 0 Å². The van der Waals surface area contributed by atoms with E-state index in [1.807, 2.05) is 30.3 Å². The zero-order chi connectivity index (χ0) is 11.3. The van der Waals surface area contributed by atoms with Crippen molar-refractivity contribution in [2.45, 2.75) is 25.9 Å². The Morgan fingerprint density at radius 1 is 1.40 bits per heavy atom. The molecule has 0 saturated carbocycles. The first-order valence-electron chi connectivity index (χ1n) is 5.03. The van der Waals surface area contributed by atoms with Crippen molar-refractivity contribution in [3.05, 3.63) is 48.0 Å². The quantitative estimate of drug-likeness (QED) is 0.746. The molecule has 0 spiro atoms. The van der Waals surface area contributed by atoms with E-state index in [4.69, 9.17) is 0 Å². The molecule has 2 heteroatoms. The molecule has 0 aromatic heterocycles. The molecule has 0 heterocycles. The van der Waals surface area contributed by atoms with Gasteiger partial charge in [-0.3, -0.25) is 4.79 Å². The van der Waals surface area contributed by atoms with Crippen LogP contribution in [0.5, 0.6) is 0 Å². The number of hydrogen-bond donors (Lipinski definition) is 1. The molecular formula is C13H16O2. The van der Waals surface area contributed by atoms with Crippen molar-refractivity contribution in [2.75, 3.05) is 0 Å². The molecule has 1 aromatic rings. The summed E-state index contributed by atoms with van der Waals surface area (Å²) in [6, 6.07) is 9.88. The third kappa shape index (κ3) is 3.68. The van der Waals surface area contributed by atoms with E-state index in [1.165, 1.54) is 6.92 Å². The Kier molecular flexibility index (Phi) is 4.25. The first kappa shape index (κ1) is 11.7. The summed E-state index contributed by atoms with van der Waals surface area (Å²) in [5.41, 5.74) is 1.46. The van der Waals surface area contributed by atoms with Crippen LogP contribution in [0, 0.1) is 0 Å². The average molecular weight is 204 g/mol. The highest BCUT2D eigenvalue weighted by molar-refractivity contribution is 5.93. The minimum atomic E-state index is -0.720. The second-order valence-electron chi connectivity index (χ2n) is 3.62. The third-order valence-electron chi connectivity index (χ3n) is 2.40. The molecule has 1 aromatic carbocycles. The zero-order valence-corrected chi connectivity index (χ0v) is 8.94. The van der Waals surface area contributed by atoms with Crippen LogP contribution in [0.25, 0.3) is 0 Å². The molecule has 1 N–H and O–H groups in total. The monoisotopic (exact) mass is 204 g/mol. The molecule has 0 aliphatic rings. The summed E-state index contributed by atoms with van der Waals surface area (Å²) in [5.74, 6) is -0.143. The summed E-state index contributed by atoms with van der Waals surface area (Å²) >= 11 is 0. The van der Waals surface area contributed by atoms with Crippen molar-refractivity contribution < 1.29 is 9.90 Å². The van der Waals surface area contributed by atoms with Gasteiger partial charge in [0.15, 0.2) is 5.78 Å². The predicted octanol–water partition coefficient (Wildman–Crippen LogP) is 2.13. The first-order valence-corrected chi connectivity index (χ1v) is 5.03. The van der Waals surface area contributed by atoms with Crippen LogP contribution in [-0.4, -0.2) is 17.0 Å². The average Bonchev–Trinajstić information content (AvgIpc) is 2.26. The van der Waals surface area contributed by atoms with Crippen LogP contribution in [0.2, 0.25) is 0 Å². The van der Waals surface area contributed by atoms with Gasteiger partial charge in [0.2, 0.25) is 0 Å². The highest BCUT2D eigenvalue weighted by Crippen LogP contribution is 2.10. The number of carbonyl (C=O) groups is 1.